The number of hydrogen-bond donors (Lipinski definition) is 1. The summed E-state index contributed by atoms with van der Waals surface area (Å²) in [6, 6.07) is 0.589. The Morgan fingerprint density at radius 2 is 2.12 bits per heavy atom. The molecule has 0 unspecified atom stereocenters. The van der Waals surface area contributed by atoms with Crippen molar-refractivity contribution in [1.82, 2.24) is 38.6 Å². The molecule has 1 aliphatic heterocycles. The maximum atomic E-state index is 15.0. The Kier molecular flexibility index (Phi) is 4.69. The van der Waals surface area contributed by atoms with E-state index in [1.165, 1.54) is 17.1 Å². The second kappa shape index (κ2) is 7.33. The molecule has 5 rings (SSSR count). The highest BCUT2D eigenvalue weighted by Gasteiger charge is 2.47. The fourth-order valence-electron chi connectivity index (χ4n) is 4.27. The standard InChI is InChI=1S/C20H23F2N9O/c1-4-29-6-5-15(20(21,22)10-29)31-17-14(28(3)19(31)32)8-23-18(27-17)26-13-9-30-16(7-12(13)2)24-11-25-30/h7-9,11,15H,4-6,10H2,1-3H3,(H,23,26,27)/t15-/m0/s1. The number of halogens is 2. The number of aryl methyl sites for hydroxylation is 2. The number of nitrogens with one attached hydrogen (secondary N) is 1. The molecule has 168 valence electrons. The van der Waals surface area contributed by atoms with Gasteiger partial charge in [0.1, 0.15) is 17.9 Å². The second-order valence-corrected chi connectivity index (χ2v) is 8.11. The molecule has 0 aliphatic carbocycles. The zero-order valence-electron chi connectivity index (χ0n) is 18.0. The van der Waals surface area contributed by atoms with Gasteiger partial charge in [-0.2, -0.15) is 10.1 Å². The molecule has 4 aromatic rings. The van der Waals surface area contributed by atoms with Crippen molar-refractivity contribution in [2.24, 2.45) is 7.05 Å². The molecule has 32 heavy (non-hydrogen) atoms. The number of pyridine rings is 1. The maximum Gasteiger partial charge on any atom is 0.330 e. The van der Waals surface area contributed by atoms with Crippen LogP contribution in [-0.4, -0.2) is 64.2 Å². The Labute approximate surface area is 181 Å². The van der Waals surface area contributed by atoms with Crippen molar-refractivity contribution in [2.45, 2.75) is 32.2 Å². The summed E-state index contributed by atoms with van der Waals surface area (Å²) in [6.07, 6.45) is 4.84. The number of imidazole rings is 1. The van der Waals surface area contributed by atoms with Crippen LogP contribution in [0.5, 0.6) is 0 Å². The lowest BCUT2D eigenvalue weighted by Gasteiger charge is -2.38. The highest BCUT2D eigenvalue weighted by atomic mass is 19.3. The van der Waals surface area contributed by atoms with Gasteiger partial charge in [0.15, 0.2) is 11.3 Å². The summed E-state index contributed by atoms with van der Waals surface area (Å²) in [4.78, 5) is 27.5. The molecule has 0 radical (unpaired) electrons. The van der Waals surface area contributed by atoms with Crippen LogP contribution in [-0.2, 0) is 7.05 Å². The molecular weight excluding hydrogens is 420 g/mol. The Bertz CT molecular complexity index is 1370. The number of fused-ring (bicyclic) bond motifs is 2. The molecule has 0 amide bonds. The van der Waals surface area contributed by atoms with Crippen LogP contribution >= 0.6 is 0 Å². The van der Waals surface area contributed by atoms with E-state index in [2.05, 4.69) is 25.4 Å². The second-order valence-electron chi connectivity index (χ2n) is 8.11. The highest BCUT2D eigenvalue weighted by Crippen LogP contribution is 2.37. The van der Waals surface area contributed by atoms with Crippen molar-refractivity contribution in [1.29, 1.82) is 0 Å². The van der Waals surface area contributed by atoms with E-state index in [0.29, 0.717) is 29.9 Å². The molecule has 1 aliphatic rings. The van der Waals surface area contributed by atoms with Gasteiger partial charge < -0.3 is 5.32 Å². The average Bonchev–Trinajstić information content (AvgIpc) is 3.30. The number of hydrogen-bond acceptors (Lipinski definition) is 7. The van der Waals surface area contributed by atoms with Gasteiger partial charge in [-0.25, -0.2) is 28.1 Å². The summed E-state index contributed by atoms with van der Waals surface area (Å²) in [5, 5.41) is 7.23. The quantitative estimate of drug-likeness (QED) is 0.516. The molecule has 12 heteroatoms. The fourth-order valence-corrected chi connectivity index (χ4v) is 4.27. The molecule has 1 N–H and O–H groups in total. The first-order valence-electron chi connectivity index (χ1n) is 10.4. The highest BCUT2D eigenvalue weighted by molar-refractivity contribution is 5.73. The van der Waals surface area contributed by atoms with Gasteiger partial charge in [-0.3, -0.25) is 14.0 Å². The van der Waals surface area contributed by atoms with Crippen LogP contribution in [0.3, 0.4) is 0 Å². The van der Waals surface area contributed by atoms with Crippen LogP contribution in [0.15, 0.2) is 29.6 Å². The van der Waals surface area contributed by atoms with Gasteiger partial charge in [-0.05, 0) is 31.5 Å². The molecule has 0 aromatic carbocycles. The van der Waals surface area contributed by atoms with E-state index >= 15 is 8.78 Å². The van der Waals surface area contributed by atoms with Crippen LogP contribution in [0.4, 0.5) is 20.4 Å². The van der Waals surface area contributed by atoms with Crippen molar-refractivity contribution in [3.8, 4) is 0 Å². The van der Waals surface area contributed by atoms with Gasteiger partial charge in [0.2, 0.25) is 5.95 Å². The summed E-state index contributed by atoms with van der Waals surface area (Å²) in [5.74, 6) is -2.85. The topological polar surface area (TPSA) is 98.2 Å². The average molecular weight is 443 g/mol. The van der Waals surface area contributed by atoms with Crippen molar-refractivity contribution in [3.63, 3.8) is 0 Å². The maximum absolute atomic E-state index is 15.0. The number of alkyl halides is 2. The minimum absolute atomic E-state index is 0.161. The third kappa shape index (κ3) is 3.22. The van der Waals surface area contributed by atoms with Gasteiger partial charge in [0.05, 0.1) is 24.6 Å². The summed E-state index contributed by atoms with van der Waals surface area (Å²) in [7, 11) is 1.54. The molecule has 0 saturated carbocycles. The molecule has 1 atom stereocenters. The number of piperidine rings is 1. The Morgan fingerprint density at radius 1 is 1.31 bits per heavy atom. The lowest BCUT2D eigenvalue weighted by atomic mass is 10.0. The van der Waals surface area contributed by atoms with Crippen molar-refractivity contribution in [3.05, 3.63) is 40.8 Å². The normalized spacial score (nSPS) is 19.1. The van der Waals surface area contributed by atoms with E-state index in [4.69, 9.17) is 0 Å². The summed E-state index contributed by atoms with van der Waals surface area (Å²) in [5.41, 5.74) is 2.33. The van der Waals surface area contributed by atoms with Crippen molar-refractivity contribution < 1.29 is 8.78 Å². The minimum Gasteiger partial charge on any atom is -0.323 e. The predicted octanol–water partition coefficient (Wildman–Crippen LogP) is 2.13. The zero-order chi connectivity index (χ0) is 22.6. The monoisotopic (exact) mass is 443 g/mol. The van der Waals surface area contributed by atoms with Crippen molar-refractivity contribution in [2.75, 3.05) is 25.0 Å². The molecular formula is C20H23F2N9O. The number of aromatic nitrogens is 7. The minimum atomic E-state index is -3.06. The van der Waals surface area contributed by atoms with E-state index in [0.717, 1.165) is 10.1 Å². The van der Waals surface area contributed by atoms with E-state index in [1.54, 1.807) is 22.7 Å². The summed E-state index contributed by atoms with van der Waals surface area (Å²) >= 11 is 0. The molecule has 10 nitrogen and oxygen atoms in total. The van der Waals surface area contributed by atoms with Crippen LogP contribution in [0.1, 0.15) is 24.9 Å². The van der Waals surface area contributed by atoms with Gasteiger partial charge >= 0.3 is 5.69 Å². The Hall–Kier alpha value is -3.41. The molecule has 4 aromatic heterocycles. The molecule has 5 heterocycles. The van der Waals surface area contributed by atoms with Gasteiger partial charge in [-0.15, -0.1) is 0 Å². The SMILES string of the molecule is CCN1CC[C@H](n2c(=O)n(C)c3cnc(Nc4cn5ncnc5cc4C)nc32)C(F)(F)C1. The van der Waals surface area contributed by atoms with Crippen LogP contribution in [0.2, 0.25) is 0 Å². The smallest absolute Gasteiger partial charge is 0.323 e. The third-order valence-corrected chi connectivity index (χ3v) is 6.10. The van der Waals surface area contributed by atoms with E-state index in [9.17, 15) is 4.79 Å². The lowest BCUT2D eigenvalue weighted by Crippen LogP contribution is -2.51. The first kappa shape index (κ1) is 20.5. The molecule has 1 fully saturated rings. The Morgan fingerprint density at radius 3 is 2.88 bits per heavy atom. The summed E-state index contributed by atoms with van der Waals surface area (Å²) in [6.45, 7) is 4.40. The van der Waals surface area contributed by atoms with Crippen LogP contribution in [0, 0.1) is 6.92 Å². The van der Waals surface area contributed by atoms with Crippen molar-refractivity contribution >= 4 is 28.4 Å². The lowest BCUT2D eigenvalue weighted by molar-refractivity contribution is -0.102. The van der Waals surface area contributed by atoms with E-state index in [1.807, 2.05) is 19.9 Å². The zero-order valence-corrected chi connectivity index (χ0v) is 18.0. The number of likely N-dealkylation sites (tertiary alicyclic amines) is 1. The van der Waals surface area contributed by atoms with Crippen LogP contribution < -0.4 is 11.0 Å². The largest absolute Gasteiger partial charge is 0.330 e. The fraction of sp³-hybridized carbons (Fsp3) is 0.450. The molecule has 0 bridgehead atoms. The summed E-state index contributed by atoms with van der Waals surface area (Å²) < 4.78 is 34.1. The molecule has 1 saturated heterocycles. The number of rotatable bonds is 4. The first-order valence-corrected chi connectivity index (χ1v) is 10.4. The number of nitrogens with zero attached hydrogens (tertiary/aromatic N) is 8. The van der Waals surface area contributed by atoms with E-state index in [-0.39, 0.29) is 24.6 Å². The van der Waals surface area contributed by atoms with Gasteiger partial charge in [0.25, 0.3) is 5.92 Å². The first-order chi connectivity index (χ1) is 15.3. The van der Waals surface area contributed by atoms with Crippen LogP contribution in [0.25, 0.3) is 16.8 Å². The third-order valence-electron chi connectivity index (χ3n) is 6.10. The number of anilines is 2. The van der Waals surface area contributed by atoms with Gasteiger partial charge in [0, 0.05) is 13.6 Å². The Balaban J connectivity index is 1.58. The van der Waals surface area contributed by atoms with E-state index < -0.39 is 17.7 Å². The molecule has 0 spiro atoms. The van der Waals surface area contributed by atoms with Gasteiger partial charge in [-0.1, -0.05) is 6.92 Å². The predicted molar refractivity (Wildman–Crippen MR) is 114 cm³/mol.